The topological polar surface area (TPSA) is 118 Å². The van der Waals surface area contributed by atoms with E-state index in [1.54, 1.807) is 67.4 Å². The number of benzene rings is 3. The van der Waals surface area contributed by atoms with Crippen molar-refractivity contribution in [2.24, 2.45) is 10.7 Å². The molecule has 0 spiro atoms. The van der Waals surface area contributed by atoms with Crippen molar-refractivity contribution >= 4 is 23.6 Å². The molecule has 3 rings (SSSR count). The zero-order valence-electron chi connectivity index (χ0n) is 19.7. The molecular weight excluding hydrogens is 444 g/mol. The SMILES string of the molecule is CCOC(=O)C(=NCc1ccc(C(=O)Oc2ccc(C(=N)N)cc2)cc1)N(C)Cc1ccccc1. The monoisotopic (exact) mass is 472 g/mol. The number of nitrogens with two attached hydrogens (primary N) is 1. The van der Waals surface area contributed by atoms with Crippen molar-refractivity contribution in [3.63, 3.8) is 0 Å². The lowest BCUT2D eigenvalue weighted by Crippen LogP contribution is -2.34. The first-order chi connectivity index (χ1) is 16.9. The van der Waals surface area contributed by atoms with Gasteiger partial charge < -0.3 is 20.1 Å². The largest absolute Gasteiger partial charge is 0.460 e. The van der Waals surface area contributed by atoms with Gasteiger partial charge in [-0.3, -0.25) is 10.4 Å². The van der Waals surface area contributed by atoms with Crippen molar-refractivity contribution in [3.05, 3.63) is 101 Å². The Labute approximate surface area is 204 Å². The standard InChI is InChI=1S/C27H28N4O4/c1-3-34-27(33)25(31(2)18-20-7-5-4-6-8-20)30-17-19-9-11-22(12-10-19)26(32)35-23-15-13-21(14-16-23)24(28)29/h4-16H,3,17-18H2,1-2H3,(H3,28,29). The summed E-state index contributed by atoms with van der Waals surface area (Å²) in [6.07, 6.45) is 0. The van der Waals surface area contributed by atoms with Crippen LogP contribution in [-0.2, 0) is 22.6 Å². The third-order valence-electron chi connectivity index (χ3n) is 5.06. The molecule has 3 aromatic carbocycles. The van der Waals surface area contributed by atoms with Crippen molar-refractivity contribution in [2.45, 2.75) is 20.0 Å². The van der Waals surface area contributed by atoms with Gasteiger partial charge in [-0.25, -0.2) is 9.59 Å². The Balaban J connectivity index is 1.67. The Morgan fingerprint density at radius 2 is 1.54 bits per heavy atom. The van der Waals surface area contributed by atoms with Crippen molar-refractivity contribution < 1.29 is 19.1 Å². The van der Waals surface area contributed by atoms with Gasteiger partial charge in [0, 0.05) is 19.2 Å². The van der Waals surface area contributed by atoms with Gasteiger partial charge in [-0.05, 0) is 54.4 Å². The summed E-state index contributed by atoms with van der Waals surface area (Å²) < 4.78 is 10.6. The van der Waals surface area contributed by atoms with Gasteiger partial charge in [0.25, 0.3) is 0 Å². The van der Waals surface area contributed by atoms with Crippen LogP contribution < -0.4 is 10.5 Å². The quantitative estimate of drug-likeness (QED) is 0.223. The van der Waals surface area contributed by atoms with Crippen LogP contribution in [0, 0.1) is 5.41 Å². The minimum absolute atomic E-state index is 0.0569. The smallest absolute Gasteiger partial charge is 0.373 e. The van der Waals surface area contributed by atoms with Crippen LogP contribution in [0.15, 0.2) is 83.9 Å². The molecule has 0 bridgehead atoms. The maximum Gasteiger partial charge on any atom is 0.373 e. The van der Waals surface area contributed by atoms with Crippen LogP contribution in [0.1, 0.15) is 34.0 Å². The van der Waals surface area contributed by atoms with Gasteiger partial charge in [-0.1, -0.05) is 42.5 Å². The normalized spacial score (nSPS) is 11.0. The van der Waals surface area contributed by atoms with E-state index in [0.717, 1.165) is 11.1 Å². The van der Waals surface area contributed by atoms with E-state index in [2.05, 4.69) is 4.99 Å². The summed E-state index contributed by atoms with van der Waals surface area (Å²) >= 11 is 0. The number of amidine groups is 2. The van der Waals surface area contributed by atoms with Crippen LogP contribution in [-0.4, -0.2) is 42.2 Å². The molecule has 8 nitrogen and oxygen atoms in total. The van der Waals surface area contributed by atoms with Crippen LogP contribution in [0.25, 0.3) is 0 Å². The third kappa shape index (κ3) is 7.26. The summed E-state index contributed by atoms with van der Waals surface area (Å²) in [5, 5.41) is 7.41. The first kappa shape index (κ1) is 25.2. The Morgan fingerprint density at radius 3 is 2.14 bits per heavy atom. The number of carbonyl (C=O) groups is 2. The molecule has 0 saturated heterocycles. The molecule has 3 aromatic rings. The van der Waals surface area contributed by atoms with Crippen molar-refractivity contribution in [2.75, 3.05) is 13.7 Å². The second-order valence-electron chi connectivity index (χ2n) is 7.73. The number of esters is 2. The zero-order valence-corrected chi connectivity index (χ0v) is 19.7. The van der Waals surface area contributed by atoms with Crippen LogP contribution in [0.2, 0.25) is 0 Å². The number of carbonyl (C=O) groups excluding carboxylic acids is 2. The molecule has 0 unspecified atom stereocenters. The minimum atomic E-state index is -0.509. The van der Waals surface area contributed by atoms with Gasteiger partial charge in [-0.15, -0.1) is 0 Å². The van der Waals surface area contributed by atoms with E-state index in [9.17, 15) is 9.59 Å². The molecule has 35 heavy (non-hydrogen) atoms. The van der Waals surface area contributed by atoms with Gasteiger partial charge in [0.2, 0.25) is 5.84 Å². The molecule has 0 saturated carbocycles. The molecular formula is C27H28N4O4. The first-order valence-corrected chi connectivity index (χ1v) is 11.1. The highest BCUT2D eigenvalue weighted by atomic mass is 16.5. The average molecular weight is 473 g/mol. The van der Waals surface area contributed by atoms with E-state index in [1.807, 2.05) is 30.3 Å². The molecule has 0 heterocycles. The second kappa shape index (κ2) is 12.1. The summed E-state index contributed by atoms with van der Waals surface area (Å²) in [6, 6.07) is 23.0. The fourth-order valence-electron chi connectivity index (χ4n) is 3.25. The molecule has 0 radical (unpaired) electrons. The lowest BCUT2D eigenvalue weighted by molar-refractivity contribution is -0.135. The lowest BCUT2D eigenvalue weighted by atomic mass is 10.1. The predicted molar refractivity (Wildman–Crippen MR) is 135 cm³/mol. The molecule has 0 amide bonds. The molecule has 0 aliphatic heterocycles. The summed E-state index contributed by atoms with van der Waals surface area (Å²) in [7, 11) is 1.80. The number of nitrogens with one attached hydrogen (secondary N) is 1. The van der Waals surface area contributed by atoms with E-state index in [4.69, 9.17) is 20.6 Å². The van der Waals surface area contributed by atoms with Gasteiger partial charge >= 0.3 is 11.9 Å². The fourth-order valence-corrected chi connectivity index (χ4v) is 3.25. The van der Waals surface area contributed by atoms with E-state index in [0.29, 0.717) is 23.4 Å². The van der Waals surface area contributed by atoms with Crippen LogP contribution >= 0.6 is 0 Å². The Hall–Kier alpha value is -4.46. The van der Waals surface area contributed by atoms with E-state index >= 15 is 0 Å². The van der Waals surface area contributed by atoms with Gasteiger partial charge in [0.15, 0.2) is 0 Å². The maximum absolute atomic E-state index is 12.5. The first-order valence-electron chi connectivity index (χ1n) is 11.1. The molecule has 0 fully saturated rings. The molecule has 0 aromatic heterocycles. The summed E-state index contributed by atoms with van der Waals surface area (Å²) in [5.41, 5.74) is 8.23. The van der Waals surface area contributed by atoms with E-state index in [1.165, 1.54) is 0 Å². The van der Waals surface area contributed by atoms with Crippen LogP contribution in [0.5, 0.6) is 5.75 Å². The van der Waals surface area contributed by atoms with Gasteiger partial charge in [0.05, 0.1) is 18.7 Å². The number of likely N-dealkylation sites (N-methyl/N-ethyl adjacent to an activating group) is 1. The zero-order chi connectivity index (χ0) is 25.2. The van der Waals surface area contributed by atoms with Gasteiger partial charge in [-0.2, -0.15) is 0 Å². The number of ether oxygens (including phenoxy) is 2. The van der Waals surface area contributed by atoms with Crippen molar-refractivity contribution in [3.8, 4) is 5.75 Å². The highest BCUT2D eigenvalue weighted by Gasteiger charge is 2.18. The molecule has 180 valence electrons. The summed E-state index contributed by atoms with van der Waals surface area (Å²) in [6.45, 7) is 2.76. The maximum atomic E-state index is 12.5. The van der Waals surface area contributed by atoms with Crippen LogP contribution in [0.3, 0.4) is 0 Å². The van der Waals surface area contributed by atoms with Crippen LogP contribution in [0.4, 0.5) is 0 Å². The molecule has 0 aliphatic rings. The Bertz CT molecular complexity index is 1190. The number of nitrogens with zero attached hydrogens (tertiary/aromatic N) is 2. The number of aliphatic imine (C=N–C) groups is 1. The number of hydrogen-bond donors (Lipinski definition) is 2. The second-order valence-corrected chi connectivity index (χ2v) is 7.73. The minimum Gasteiger partial charge on any atom is -0.460 e. The molecule has 3 N–H and O–H groups in total. The van der Waals surface area contributed by atoms with E-state index < -0.39 is 11.9 Å². The number of nitrogen functional groups attached to an aromatic ring is 1. The Morgan fingerprint density at radius 1 is 0.914 bits per heavy atom. The fraction of sp³-hybridized carbons (Fsp3) is 0.185. The predicted octanol–water partition coefficient (Wildman–Crippen LogP) is 3.78. The number of rotatable bonds is 8. The van der Waals surface area contributed by atoms with Crippen molar-refractivity contribution in [1.29, 1.82) is 5.41 Å². The summed E-state index contributed by atoms with van der Waals surface area (Å²) in [4.78, 5) is 31.2. The average Bonchev–Trinajstić information content (AvgIpc) is 2.85. The highest BCUT2D eigenvalue weighted by molar-refractivity contribution is 6.35. The number of hydrogen-bond acceptors (Lipinski definition) is 6. The Kier molecular flexibility index (Phi) is 8.72. The van der Waals surface area contributed by atoms with E-state index in [-0.39, 0.29) is 24.8 Å². The van der Waals surface area contributed by atoms with Gasteiger partial charge in [0.1, 0.15) is 11.6 Å². The molecule has 0 aliphatic carbocycles. The lowest BCUT2D eigenvalue weighted by Gasteiger charge is -2.20. The highest BCUT2D eigenvalue weighted by Crippen LogP contribution is 2.15. The van der Waals surface area contributed by atoms with Crippen molar-refractivity contribution in [1.82, 2.24) is 4.90 Å². The molecule has 0 atom stereocenters. The summed E-state index contributed by atoms with van der Waals surface area (Å²) in [5.74, 6) is -0.465. The third-order valence-corrected chi connectivity index (χ3v) is 5.06. The molecule has 8 heteroatoms.